The molecule has 1 atom stereocenters. The predicted octanol–water partition coefficient (Wildman–Crippen LogP) is 3.86. The van der Waals surface area contributed by atoms with Gasteiger partial charge in [-0.2, -0.15) is 0 Å². The molecule has 0 amide bonds. The molecule has 0 bridgehead atoms. The lowest BCUT2D eigenvalue weighted by Crippen LogP contribution is -1.99. The molecular weight excluding hydrogens is 236 g/mol. The molecule has 0 aliphatic heterocycles. The van der Waals surface area contributed by atoms with Crippen molar-refractivity contribution < 1.29 is 4.74 Å². The Kier molecular flexibility index (Phi) is 4.27. The Bertz CT molecular complexity index is 549. The summed E-state index contributed by atoms with van der Waals surface area (Å²) >= 11 is 0. The number of rotatable bonds is 4. The highest BCUT2D eigenvalue weighted by molar-refractivity contribution is 5.61. The zero-order valence-corrected chi connectivity index (χ0v) is 12.0. The molecule has 3 nitrogen and oxygen atoms in total. The van der Waals surface area contributed by atoms with E-state index in [-0.39, 0.29) is 6.10 Å². The zero-order valence-electron chi connectivity index (χ0n) is 12.0. The number of aromatic nitrogens is 2. The van der Waals surface area contributed by atoms with Crippen molar-refractivity contribution in [3.05, 3.63) is 47.4 Å². The Morgan fingerprint density at radius 3 is 2.47 bits per heavy atom. The fourth-order valence-electron chi connectivity index (χ4n) is 2.07. The molecule has 3 heteroatoms. The number of aryl methyl sites for hydroxylation is 2. The highest BCUT2D eigenvalue weighted by Gasteiger charge is 2.08. The first kappa shape index (κ1) is 13.7. The lowest BCUT2D eigenvalue weighted by atomic mass is 10.0. The van der Waals surface area contributed by atoms with Gasteiger partial charge in [-0.3, -0.25) is 4.98 Å². The highest BCUT2D eigenvalue weighted by atomic mass is 16.5. The van der Waals surface area contributed by atoms with Gasteiger partial charge in [0.1, 0.15) is 0 Å². The summed E-state index contributed by atoms with van der Waals surface area (Å²) < 4.78 is 5.59. The molecular formula is C16H20N2O. The molecule has 0 saturated carbocycles. The average Bonchev–Trinajstić information content (AvgIpc) is 2.42. The van der Waals surface area contributed by atoms with E-state index in [1.165, 1.54) is 5.56 Å². The van der Waals surface area contributed by atoms with Gasteiger partial charge in [-0.1, -0.05) is 24.3 Å². The van der Waals surface area contributed by atoms with E-state index >= 15 is 0 Å². The zero-order chi connectivity index (χ0) is 13.8. The molecule has 2 aromatic rings. The average molecular weight is 256 g/mol. The van der Waals surface area contributed by atoms with Crippen LogP contribution in [-0.4, -0.2) is 16.6 Å². The maximum Gasteiger partial charge on any atom is 0.0917 e. The van der Waals surface area contributed by atoms with Crippen LogP contribution in [0, 0.1) is 13.8 Å². The van der Waals surface area contributed by atoms with Crippen molar-refractivity contribution in [3.8, 4) is 11.3 Å². The first-order valence-corrected chi connectivity index (χ1v) is 6.64. The van der Waals surface area contributed by atoms with Gasteiger partial charge in [-0.05, 0) is 33.3 Å². The third-order valence-corrected chi connectivity index (χ3v) is 3.15. The van der Waals surface area contributed by atoms with Crippen LogP contribution in [-0.2, 0) is 4.74 Å². The van der Waals surface area contributed by atoms with E-state index < -0.39 is 0 Å². The SMILES string of the molecule is CCO[C@@H](C)c1ccc(-c2nc(C)cnc2C)cc1. The van der Waals surface area contributed by atoms with E-state index in [1.54, 1.807) is 6.20 Å². The summed E-state index contributed by atoms with van der Waals surface area (Å²) in [5, 5.41) is 0. The van der Waals surface area contributed by atoms with Gasteiger partial charge in [0.25, 0.3) is 0 Å². The fourth-order valence-corrected chi connectivity index (χ4v) is 2.07. The third-order valence-electron chi connectivity index (χ3n) is 3.15. The first-order valence-electron chi connectivity index (χ1n) is 6.64. The normalized spacial score (nSPS) is 12.4. The summed E-state index contributed by atoms with van der Waals surface area (Å²) in [6.07, 6.45) is 1.92. The molecule has 0 N–H and O–H groups in total. The second-order valence-corrected chi connectivity index (χ2v) is 4.66. The maximum absolute atomic E-state index is 5.59. The fraction of sp³-hybridized carbons (Fsp3) is 0.375. The molecule has 1 aromatic carbocycles. The summed E-state index contributed by atoms with van der Waals surface area (Å²) in [6, 6.07) is 8.36. The van der Waals surface area contributed by atoms with Crippen molar-refractivity contribution in [1.29, 1.82) is 0 Å². The highest BCUT2D eigenvalue weighted by Crippen LogP contribution is 2.23. The summed E-state index contributed by atoms with van der Waals surface area (Å²) in [6.45, 7) is 8.75. The molecule has 0 fully saturated rings. The smallest absolute Gasteiger partial charge is 0.0917 e. The largest absolute Gasteiger partial charge is 0.374 e. The van der Waals surface area contributed by atoms with Crippen molar-refractivity contribution in [2.24, 2.45) is 0 Å². The van der Waals surface area contributed by atoms with Gasteiger partial charge in [0.15, 0.2) is 0 Å². The van der Waals surface area contributed by atoms with Gasteiger partial charge >= 0.3 is 0 Å². The Labute approximate surface area is 114 Å². The van der Waals surface area contributed by atoms with E-state index in [4.69, 9.17) is 4.74 Å². The Morgan fingerprint density at radius 2 is 1.84 bits per heavy atom. The van der Waals surface area contributed by atoms with Crippen LogP contribution in [0.3, 0.4) is 0 Å². The van der Waals surface area contributed by atoms with Crippen LogP contribution in [0.25, 0.3) is 11.3 Å². The van der Waals surface area contributed by atoms with Crippen LogP contribution in [0.15, 0.2) is 30.5 Å². The van der Waals surface area contributed by atoms with Crippen molar-refractivity contribution in [2.75, 3.05) is 6.61 Å². The van der Waals surface area contributed by atoms with Crippen LogP contribution >= 0.6 is 0 Å². The lowest BCUT2D eigenvalue weighted by Gasteiger charge is -2.12. The van der Waals surface area contributed by atoms with E-state index in [2.05, 4.69) is 41.2 Å². The number of hydrogen-bond donors (Lipinski definition) is 0. The molecule has 100 valence electrons. The molecule has 1 heterocycles. The van der Waals surface area contributed by atoms with Gasteiger partial charge in [0.2, 0.25) is 0 Å². The van der Waals surface area contributed by atoms with Crippen molar-refractivity contribution in [2.45, 2.75) is 33.8 Å². The Morgan fingerprint density at radius 1 is 1.16 bits per heavy atom. The molecule has 0 radical (unpaired) electrons. The van der Waals surface area contributed by atoms with Crippen molar-refractivity contribution in [1.82, 2.24) is 9.97 Å². The lowest BCUT2D eigenvalue weighted by molar-refractivity contribution is 0.0764. The molecule has 0 aliphatic rings. The van der Waals surface area contributed by atoms with Crippen LogP contribution in [0.1, 0.15) is 36.9 Å². The van der Waals surface area contributed by atoms with Gasteiger partial charge in [-0.25, -0.2) is 4.98 Å². The number of benzene rings is 1. The number of ether oxygens (including phenoxy) is 1. The second-order valence-electron chi connectivity index (χ2n) is 4.66. The van der Waals surface area contributed by atoms with Crippen LogP contribution < -0.4 is 0 Å². The monoisotopic (exact) mass is 256 g/mol. The van der Waals surface area contributed by atoms with E-state index in [0.717, 1.165) is 29.3 Å². The second kappa shape index (κ2) is 5.93. The van der Waals surface area contributed by atoms with E-state index in [1.807, 2.05) is 20.8 Å². The standard InChI is InChI=1S/C16H20N2O/c1-5-19-13(4)14-6-8-15(9-7-14)16-12(3)17-10-11(2)18-16/h6-10,13H,5H2,1-4H3/t13-/m0/s1. The van der Waals surface area contributed by atoms with E-state index in [9.17, 15) is 0 Å². The predicted molar refractivity (Wildman–Crippen MR) is 77.0 cm³/mol. The molecule has 19 heavy (non-hydrogen) atoms. The van der Waals surface area contributed by atoms with Crippen LogP contribution in [0.5, 0.6) is 0 Å². The van der Waals surface area contributed by atoms with Crippen molar-refractivity contribution >= 4 is 0 Å². The van der Waals surface area contributed by atoms with Crippen molar-refractivity contribution in [3.63, 3.8) is 0 Å². The maximum atomic E-state index is 5.59. The van der Waals surface area contributed by atoms with Gasteiger partial charge in [0.05, 0.1) is 23.2 Å². The Hall–Kier alpha value is -1.74. The molecule has 0 spiro atoms. The summed E-state index contributed by atoms with van der Waals surface area (Å²) in [7, 11) is 0. The first-order chi connectivity index (χ1) is 9.11. The number of nitrogens with zero attached hydrogens (tertiary/aromatic N) is 2. The minimum atomic E-state index is 0.128. The molecule has 0 aliphatic carbocycles. The molecule has 2 rings (SSSR count). The topological polar surface area (TPSA) is 35.0 Å². The molecule has 1 aromatic heterocycles. The third kappa shape index (κ3) is 3.18. The number of hydrogen-bond acceptors (Lipinski definition) is 3. The minimum absolute atomic E-state index is 0.128. The van der Waals surface area contributed by atoms with Crippen LogP contribution in [0.2, 0.25) is 0 Å². The van der Waals surface area contributed by atoms with Gasteiger partial charge in [0, 0.05) is 18.4 Å². The molecule has 0 saturated heterocycles. The molecule has 0 unspecified atom stereocenters. The minimum Gasteiger partial charge on any atom is -0.374 e. The Balaban J connectivity index is 2.29. The van der Waals surface area contributed by atoms with E-state index in [0.29, 0.717) is 0 Å². The van der Waals surface area contributed by atoms with Gasteiger partial charge < -0.3 is 4.74 Å². The summed E-state index contributed by atoms with van der Waals surface area (Å²) in [5.41, 5.74) is 5.13. The van der Waals surface area contributed by atoms with Crippen LogP contribution in [0.4, 0.5) is 0 Å². The quantitative estimate of drug-likeness (QED) is 0.833. The summed E-state index contributed by atoms with van der Waals surface area (Å²) in [5.74, 6) is 0. The van der Waals surface area contributed by atoms with Gasteiger partial charge in [-0.15, -0.1) is 0 Å². The summed E-state index contributed by atoms with van der Waals surface area (Å²) in [4.78, 5) is 8.91.